The molecule has 4 unspecified atom stereocenters. The van der Waals surface area contributed by atoms with E-state index < -0.39 is 31.0 Å². The summed E-state index contributed by atoms with van der Waals surface area (Å²) in [6.07, 6.45) is -6.09. The zero-order valence-corrected chi connectivity index (χ0v) is 8.22. The minimum absolute atomic E-state index is 0.0258. The van der Waals surface area contributed by atoms with Gasteiger partial charge in [0.1, 0.15) is 30.7 Å². The molecule has 0 saturated heterocycles. The predicted octanol–water partition coefficient (Wildman–Crippen LogP) is -3.17. The van der Waals surface area contributed by atoms with Crippen molar-refractivity contribution in [2.75, 3.05) is 6.61 Å². The van der Waals surface area contributed by atoms with E-state index in [2.05, 4.69) is 0 Å². The Labute approximate surface area is 86.6 Å². The SMILES string of the molecule is CC=O.O=CC(O)C(O)C(O)C(O)CO. The lowest BCUT2D eigenvalue weighted by Crippen LogP contribution is -2.46. The van der Waals surface area contributed by atoms with Crippen LogP contribution in [0.4, 0.5) is 0 Å². The molecule has 0 rings (SSSR count). The summed E-state index contributed by atoms with van der Waals surface area (Å²) >= 11 is 0. The van der Waals surface area contributed by atoms with Gasteiger partial charge in [-0.05, 0) is 6.92 Å². The fourth-order valence-electron chi connectivity index (χ4n) is 0.618. The van der Waals surface area contributed by atoms with Crippen LogP contribution in [0.2, 0.25) is 0 Å². The van der Waals surface area contributed by atoms with Gasteiger partial charge in [-0.2, -0.15) is 0 Å². The molecule has 0 aliphatic rings. The van der Waals surface area contributed by atoms with Crippen LogP contribution in [0.5, 0.6) is 0 Å². The molecule has 90 valence electrons. The minimum Gasteiger partial charge on any atom is -0.394 e. The third-order valence-electron chi connectivity index (χ3n) is 1.42. The number of carbonyl (C=O) groups excluding carboxylic acids is 2. The number of aldehydes is 2. The highest BCUT2D eigenvalue weighted by Crippen LogP contribution is 2.02. The molecule has 7 heteroatoms. The van der Waals surface area contributed by atoms with Gasteiger partial charge in [0.2, 0.25) is 0 Å². The zero-order chi connectivity index (χ0) is 12.4. The molecule has 0 heterocycles. The van der Waals surface area contributed by atoms with Gasteiger partial charge in [0.05, 0.1) is 6.61 Å². The molecule has 0 saturated carbocycles. The normalized spacial score (nSPS) is 17.7. The average Bonchev–Trinajstić information content (AvgIpc) is 2.25. The minimum atomic E-state index is -1.79. The van der Waals surface area contributed by atoms with E-state index in [9.17, 15) is 4.79 Å². The third-order valence-corrected chi connectivity index (χ3v) is 1.42. The van der Waals surface area contributed by atoms with E-state index in [4.69, 9.17) is 30.3 Å². The van der Waals surface area contributed by atoms with Crippen LogP contribution in [0, 0.1) is 0 Å². The number of rotatable bonds is 5. The van der Waals surface area contributed by atoms with Gasteiger partial charge in [-0.25, -0.2) is 0 Å². The Bertz CT molecular complexity index is 172. The van der Waals surface area contributed by atoms with Crippen molar-refractivity contribution in [2.45, 2.75) is 31.3 Å². The van der Waals surface area contributed by atoms with E-state index in [1.54, 1.807) is 0 Å². The second kappa shape index (κ2) is 9.69. The van der Waals surface area contributed by atoms with Crippen molar-refractivity contribution >= 4 is 12.6 Å². The van der Waals surface area contributed by atoms with Crippen LogP contribution in [0.15, 0.2) is 0 Å². The molecule has 0 aromatic heterocycles. The van der Waals surface area contributed by atoms with Gasteiger partial charge in [0, 0.05) is 0 Å². The van der Waals surface area contributed by atoms with Crippen molar-refractivity contribution < 1.29 is 35.1 Å². The summed E-state index contributed by atoms with van der Waals surface area (Å²) in [5.41, 5.74) is 0. The lowest BCUT2D eigenvalue weighted by Gasteiger charge is -2.22. The third kappa shape index (κ3) is 7.11. The van der Waals surface area contributed by atoms with Gasteiger partial charge < -0.3 is 35.1 Å². The molecule has 0 aliphatic carbocycles. The Morgan fingerprint density at radius 3 is 1.73 bits per heavy atom. The van der Waals surface area contributed by atoms with Crippen molar-refractivity contribution in [3.05, 3.63) is 0 Å². The van der Waals surface area contributed by atoms with Crippen molar-refractivity contribution in [3.63, 3.8) is 0 Å². The quantitative estimate of drug-likeness (QED) is 0.311. The van der Waals surface area contributed by atoms with E-state index in [0.29, 0.717) is 0 Å². The first kappa shape index (κ1) is 16.6. The molecule has 7 nitrogen and oxygen atoms in total. The Morgan fingerprint density at radius 2 is 1.47 bits per heavy atom. The Balaban J connectivity index is 0. The van der Waals surface area contributed by atoms with Crippen molar-refractivity contribution in [1.82, 2.24) is 0 Å². The first-order chi connectivity index (χ1) is 6.95. The first-order valence-electron chi connectivity index (χ1n) is 4.14. The van der Waals surface area contributed by atoms with Crippen LogP contribution in [-0.2, 0) is 9.59 Å². The number of aliphatic hydroxyl groups excluding tert-OH is 5. The van der Waals surface area contributed by atoms with E-state index in [-0.39, 0.29) is 6.29 Å². The maximum atomic E-state index is 9.90. The van der Waals surface area contributed by atoms with Crippen LogP contribution in [-0.4, -0.2) is 69.1 Å². The summed E-state index contributed by atoms with van der Waals surface area (Å²) in [6, 6.07) is 0. The van der Waals surface area contributed by atoms with Gasteiger partial charge >= 0.3 is 0 Å². The standard InChI is InChI=1S/C6H12O6.C2H4O/c7-1-3(9)5(11)6(12)4(10)2-8;1-2-3/h1,3-6,8-12H,2H2;2H,1H3. The second-order valence-corrected chi connectivity index (χ2v) is 2.59. The summed E-state index contributed by atoms with van der Waals surface area (Å²) in [6.45, 7) is 0.684. The van der Waals surface area contributed by atoms with Gasteiger partial charge in [-0.15, -0.1) is 0 Å². The highest BCUT2D eigenvalue weighted by Gasteiger charge is 2.29. The van der Waals surface area contributed by atoms with Crippen molar-refractivity contribution in [2.24, 2.45) is 0 Å². The molecule has 4 atom stereocenters. The van der Waals surface area contributed by atoms with Gasteiger partial charge in [0.15, 0.2) is 6.29 Å². The number of hydrogen-bond donors (Lipinski definition) is 5. The Hall–Kier alpha value is -0.860. The zero-order valence-electron chi connectivity index (χ0n) is 8.22. The second-order valence-electron chi connectivity index (χ2n) is 2.59. The fourth-order valence-corrected chi connectivity index (χ4v) is 0.618. The monoisotopic (exact) mass is 224 g/mol. The summed E-state index contributed by atoms with van der Waals surface area (Å²) in [5, 5.41) is 43.5. The molecule has 0 bridgehead atoms. The molecule has 0 aromatic carbocycles. The molecule has 0 aromatic rings. The van der Waals surface area contributed by atoms with E-state index in [1.807, 2.05) is 0 Å². The largest absolute Gasteiger partial charge is 0.394 e. The maximum Gasteiger partial charge on any atom is 0.151 e. The number of carbonyl (C=O) groups is 2. The molecule has 0 aliphatic heterocycles. The Kier molecular flexibility index (Phi) is 10.7. The highest BCUT2D eigenvalue weighted by atomic mass is 16.4. The van der Waals surface area contributed by atoms with Gasteiger partial charge in [0.25, 0.3) is 0 Å². The first-order valence-corrected chi connectivity index (χ1v) is 4.14. The molecular formula is C8H16O7. The van der Waals surface area contributed by atoms with Crippen LogP contribution >= 0.6 is 0 Å². The number of hydrogen-bond acceptors (Lipinski definition) is 7. The van der Waals surface area contributed by atoms with E-state index >= 15 is 0 Å². The van der Waals surface area contributed by atoms with Crippen molar-refractivity contribution in [3.8, 4) is 0 Å². The van der Waals surface area contributed by atoms with Crippen LogP contribution < -0.4 is 0 Å². The fraction of sp³-hybridized carbons (Fsp3) is 0.750. The van der Waals surface area contributed by atoms with Crippen LogP contribution in [0.3, 0.4) is 0 Å². The predicted molar refractivity (Wildman–Crippen MR) is 48.9 cm³/mol. The highest BCUT2D eigenvalue weighted by molar-refractivity contribution is 5.56. The summed E-state index contributed by atoms with van der Waals surface area (Å²) in [7, 11) is 0. The molecule has 0 fully saturated rings. The topological polar surface area (TPSA) is 135 Å². The van der Waals surface area contributed by atoms with Crippen LogP contribution in [0.1, 0.15) is 6.92 Å². The van der Waals surface area contributed by atoms with Gasteiger partial charge in [-0.1, -0.05) is 0 Å². The summed E-state index contributed by atoms with van der Waals surface area (Å²) in [4.78, 5) is 18.7. The van der Waals surface area contributed by atoms with Crippen molar-refractivity contribution in [1.29, 1.82) is 0 Å². The molecule has 0 amide bonds. The lowest BCUT2D eigenvalue weighted by atomic mass is 10.0. The van der Waals surface area contributed by atoms with E-state index in [1.165, 1.54) is 6.92 Å². The smallest absolute Gasteiger partial charge is 0.151 e. The Morgan fingerprint density at radius 1 is 1.07 bits per heavy atom. The molecule has 15 heavy (non-hydrogen) atoms. The molecular weight excluding hydrogens is 208 g/mol. The molecule has 0 spiro atoms. The lowest BCUT2D eigenvalue weighted by molar-refractivity contribution is -0.136. The van der Waals surface area contributed by atoms with Gasteiger partial charge in [-0.3, -0.25) is 0 Å². The summed E-state index contributed by atoms with van der Waals surface area (Å²) in [5.74, 6) is 0. The maximum absolute atomic E-state index is 9.90. The van der Waals surface area contributed by atoms with E-state index in [0.717, 1.165) is 6.29 Å². The average molecular weight is 224 g/mol. The molecule has 0 radical (unpaired) electrons. The van der Waals surface area contributed by atoms with Crippen LogP contribution in [0.25, 0.3) is 0 Å². The number of aliphatic hydroxyl groups is 5. The summed E-state index contributed by atoms with van der Waals surface area (Å²) < 4.78 is 0. The molecule has 5 N–H and O–H groups in total.